The first-order valence-corrected chi connectivity index (χ1v) is 7.27. The highest BCUT2D eigenvalue weighted by Crippen LogP contribution is 2.24. The zero-order valence-corrected chi connectivity index (χ0v) is 12.5. The van der Waals surface area contributed by atoms with Crippen LogP contribution in [-0.4, -0.2) is 18.0 Å². The Morgan fingerprint density at radius 2 is 1.57 bits per heavy atom. The molecule has 21 heavy (non-hydrogen) atoms. The molecular formula is C16H12Cl2N2O. The molecule has 1 heterocycles. The first-order valence-electron chi connectivity index (χ1n) is 6.51. The van der Waals surface area contributed by atoms with Gasteiger partial charge in [0.2, 0.25) is 5.78 Å². The number of Topliss-reactive ketones (excluding diaryl/α,β-unsaturated/α-hetero) is 1. The maximum absolute atomic E-state index is 12.6. The van der Waals surface area contributed by atoms with Crippen LogP contribution in [0.25, 0.3) is 0 Å². The first kappa shape index (κ1) is 14.1. The molecule has 0 saturated carbocycles. The van der Waals surface area contributed by atoms with E-state index in [4.69, 9.17) is 23.2 Å². The lowest BCUT2D eigenvalue weighted by atomic mass is 9.90. The molecule has 1 N–H and O–H groups in total. The Kier molecular flexibility index (Phi) is 3.95. The van der Waals surface area contributed by atoms with Crippen LogP contribution in [0.4, 0.5) is 0 Å². The predicted molar refractivity (Wildman–Crippen MR) is 85.4 cm³/mol. The Morgan fingerprint density at radius 3 is 2.19 bits per heavy atom. The number of benzene rings is 2. The van der Waals surface area contributed by atoms with Gasteiger partial charge in [-0.3, -0.25) is 4.79 Å². The van der Waals surface area contributed by atoms with Crippen molar-refractivity contribution in [2.75, 3.05) is 6.54 Å². The zero-order chi connectivity index (χ0) is 14.8. The number of carbonyl (C=O) groups excluding carboxylic acids is 1. The third-order valence-electron chi connectivity index (χ3n) is 3.44. The molecular weight excluding hydrogens is 307 g/mol. The van der Waals surface area contributed by atoms with Crippen LogP contribution in [0.2, 0.25) is 10.0 Å². The number of halogens is 2. The van der Waals surface area contributed by atoms with Gasteiger partial charge in [0.1, 0.15) is 5.71 Å². The fraction of sp³-hybridized carbons (Fsp3) is 0.125. The van der Waals surface area contributed by atoms with Crippen LogP contribution in [0.15, 0.2) is 53.6 Å². The largest absolute Gasteiger partial charge is 0.309 e. The molecule has 0 spiro atoms. The number of nitrogens with one attached hydrogen (secondary N) is 1. The van der Waals surface area contributed by atoms with Crippen LogP contribution in [0.1, 0.15) is 21.8 Å². The number of rotatable bonds is 3. The average molecular weight is 319 g/mol. The third kappa shape index (κ3) is 2.94. The van der Waals surface area contributed by atoms with Crippen LogP contribution in [0.5, 0.6) is 0 Å². The van der Waals surface area contributed by atoms with Crippen molar-refractivity contribution in [1.82, 2.24) is 5.43 Å². The molecule has 0 amide bonds. The van der Waals surface area contributed by atoms with E-state index in [2.05, 4.69) is 10.5 Å². The van der Waals surface area contributed by atoms with Gasteiger partial charge in [0.25, 0.3) is 0 Å². The molecule has 0 fully saturated rings. The van der Waals surface area contributed by atoms with E-state index in [1.165, 1.54) is 0 Å². The van der Waals surface area contributed by atoms with Gasteiger partial charge in [0.15, 0.2) is 0 Å². The van der Waals surface area contributed by atoms with E-state index in [0.29, 0.717) is 27.9 Å². The predicted octanol–water partition coefficient (Wildman–Crippen LogP) is 3.92. The zero-order valence-electron chi connectivity index (χ0n) is 11.0. The monoisotopic (exact) mass is 318 g/mol. The molecule has 0 radical (unpaired) electrons. The van der Waals surface area contributed by atoms with Gasteiger partial charge in [0, 0.05) is 22.2 Å². The Balaban J connectivity index is 1.88. The molecule has 1 atom stereocenters. The highest BCUT2D eigenvalue weighted by atomic mass is 35.5. The van der Waals surface area contributed by atoms with Crippen LogP contribution in [-0.2, 0) is 0 Å². The van der Waals surface area contributed by atoms with Gasteiger partial charge in [-0.05, 0) is 42.0 Å². The Bertz CT molecular complexity index is 693. The van der Waals surface area contributed by atoms with Crippen molar-refractivity contribution < 1.29 is 4.79 Å². The Hall–Kier alpha value is -1.84. The second-order valence-electron chi connectivity index (χ2n) is 4.80. The van der Waals surface area contributed by atoms with Crippen molar-refractivity contribution in [3.05, 3.63) is 69.7 Å². The average Bonchev–Trinajstić information content (AvgIpc) is 2.97. The van der Waals surface area contributed by atoms with E-state index in [0.717, 1.165) is 5.56 Å². The van der Waals surface area contributed by atoms with E-state index >= 15 is 0 Å². The van der Waals surface area contributed by atoms with Crippen LogP contribution in [0.3, 0.4) is 0 Å². The number of ketones is 1. The van der Waals surface area contributed by atoms with Crippen molar-refractivity contribution in [2.24, 2.45) is 5.10 Å². The minimum atomic E-state index is -0.0865. The molecule has 5 heteroatoms. The van der Waals surface area contributed by atoms with Crippen LogP contribution >= 0.6 is 23.2 Å². The summed E-state index contributed by atoms with van der Waals surface area (Å²) in [4.78, 5) is 12.6. The molecule has 2 aromatic rings. The quantitative estimate of drug-likeness (QED) is 0.871. The highest BCUT2D eigenvalue weighted by Gasteiger charge is 2.29. The number of hydrogen-bond acceptors (Lipinski definition) is 3. The number of nitrogens with zero attached hydrogens (tertiary/aromatic N) is 1. The van der Waals surface area contributed by atoms with E-state index in [9.17, 15) is 4.79 Å². The van der Waals surface area contributed by atoms with Crippen molar-refractivity contribution >= 4 is 34.7 Å². The lowest BCUT2D eigenvalue weighted by molar-refractivity contribution is 0.106. The third-order valence-corrected chi connectivity index (χ3v) is 3.94. The summed E-state index contributed by atoms with van der Waals surface area (Å²) in [5, 5.41) is 5.44. The lowest BCUT2D eigenvalue weighted by Crippen LogP contribution is -2.21. The van der Waals surface area contributed by atoms with Gasteiger partial charge in [-0.25, -0.2) is 0 Å². The summed E-state index contributed by atoms with van der Waals surface area (Å²) in [5.74, 6) is -0.151. The first-order chi connectivity index (χ1) is 10.1. The standard InChI is InChI=1S/C16H12Cl2N2O/c17-12-5-1-10(2-6-12)14-9-19-20-15(14)16(21)11-3-7-13(18)8-4-11/h1-8,14,19H,9H2. The number of hydrogen-bond donors (Lipinski definition) is 1. The van der Waals surface area contributed by atoms with Crippen LogP contribution in [0, 0.1) is 0 Å². The minimum absolute atomic E-state index is 0.0644. The maximum atomic E-state index is 12.6. The van der Waals surface area contributed by atoms with Gasteiger partial charge in [-0.2, -0.15) is 5.10 Å². The lowest BCUT2D eigenvalue weighted by Gasteiger charge is -2.11. The molecule has 0 bridgehead atoms. The summed E-state index contributed by atoms with van der Waals surface area (Å²) in [6, 6.07) is 14.3. The van der Waals surface area contributed by atoms with Gasteiger partial charge in [0.05, 0.1) is 5.92 Å². The topological polar surface area (TPSA) is 41.5 Å². The van der Waals surface area contributed by atoms with Gasteiger partial charge in [-0.15, -0.1) is 0 Å². The normalized spacial score (nSPS) is 17.2. The fourth-order valence-corrected chi connectivity index (χ4v) is 2.58. The molecule has 1 aliphatic rings. The molecule has 0 aromatic heterocycles. The summed E-state index contributed by atoms with van der Waals surface area (Å²) in [5.41, 5.74) is 5.02. The molecule has 3 nitrogen and oxygen atoms in total. The molecule has 1 aliphatic heterocycles. The van der Waals surface area contributed by atoms with Gasteiger partial charge < -0.3 is 5.43 Å². The maximum Gasteiger partial charge on any atom is 0.209 e. The highest BCUT2D eigenvalue weighted by molar-refractivity contribution is 6.48. The van der Waals surface area contributed by atoms with E-state index in [1.807, 2.05) is 24.3 Å². The van der Waals surface area contributed by atoms with Crippen molar-refractivity contribution in [3.8, 4) is 0 Å². The fourth-order valence-electron chi connectivity index (χ4n) is 2.33. The summed E-state index contributed by atoms with van der Waals surface area (Å²) >= 11 is 11.8. The van der Waals surface area contributed by atoms with Gasteiger partial charge >= 0.3 is 0 Å². The van der Waals surface area contributed by atoms with E-state index in [1.54, 1.807) is 24.3 Å². The summed E-state index contributed by atoms with van der Waals surface area (Å²) < 4.78 is 0. The van der Waals surface area contributed by atoms with Crippen molar-refractivity contribution in [3.63, 3.8) is 0 Å². The summed E-state index contributed by atoms with van der Waals surface area (Å²) in [6.45, 7) is 0.607. The molecule has 0 saturated heterocycles. The smallest absolute Gasteiger partial charge is 0.209 e. The van der Waals surface area contributed by atoms with Crippen LogP contribution < -0.4 is 5.43 Å². The second-order valence-corrected chi connectivity index (χ2v) is 5.67. The summed E-state index contributed by atoms with van der Waals surface area (Å²) in [6.07, 6.45) is 0. The number of hydrazone groups is 1. The molecule has 3 rings (SSSR count). The Labute approximate surface area is 132 Å². The van der Waals surface area contributed by atoms with E-state index in [-0.39, 0.29) is 11.7 Å². The minimum Gasteiger partial charge on any atom is -0.309 e. The summed E-state index contributed by atoms with van der Waals surface area (Å²) in [7, 11) is 0. The molecule has 2 aromatic carbocycles. The molecule has 0 aliphatic carbocycles. The van der Waals surface area contributed by atoms with Crippen molar-refractivity contribution in [2.45, 2.75) is 5.92 Å². The molecule has 106 valence electrons. The van der Waals surface area contributed by atoms with Crippen molar-refractivity contribution in [1.29, 1.82) is 0 Å². The number of carbonyl (C=O) groups is 1. The second kappa shape index (κ2) is 5.88. The molecule has 1 unspecified atom stereocenters. The Morgan fingerprint density at radius 1 is 1.00 bits per heavy atom. The van der Waals surface area contributed by atoms with E-state index < -0.39 is 0 Å². The SMILES string of the molecule is O=C(C1=NNCC1c1ccc(Cl)cc1)c1ccc(Cl)cc1. The van der Waals surface area contributed by atoms with Gasteiger partial charge in [-0.1, -0.05) is 35.3 Å².